The Bertz CT molecular complexity index is 476. The van der Waals surface area contributed by atoms with Crippen LogP contribution in [-0.2, 0) is 4.79 Å². The lowest BCUT2D eigenvalue weighted by Crippen LogP contribution is -2.07. The summed E-state index contributed by atoms with van der Waals surface area (Å²) >= 11 is 0. The topological polar surface area (TPSA) is 66.0 Å². The van der Waals surface area contributed by atoms with E-state index in [0.717, 1.165) is 16.5 Å². The van der Waals surface area contributed by atoms with Gasteiger partial charge in [0.25, 0.3) is 0 Å². The molecule has 72 valence electrons. The van der Waals surface area contributed by atoms with Crippen molar-refractivity contribution in [2.24, 2.45) is 0 Å². The molecule has 0 radical (unpaired) electrons. The van der Waals surface area contributed by atoms with Crippen LogP contribution in [0.4, 0.5) is 0 Å². The van der Waals surface area contributed by atoms with Gasteiger partial charge in [0.15, 0.2) is 0 Å². The number of aliphatic carboxylic acids is 1. The fourth-order valence-electron chi connectivity index (χ4n) is 1.49. The highest BCUT2D eigenvalue weighted by Crippen LogP contribution is 2.23. The highest BCUT2D eigenvalue weighted by atomic mass is 16.4. The molecular weight excluding hydrogens is 180 g/mol. The number of rotatable bonds is 2. The van der Waals surface area contributed by atoms with E-state index in [0.29, 0.717) is 0 Å². The summed E-state index contributed by atoms with van der Waals surface area (Å²) < 4.78 is 0. The molecule has 14 heavy (non-hydrogen) atoms. The minimum Gasteiger partial charge on any atom is -0.481 e. The second-order valence-corrected chi connectivity index (χ2v) is 3.24. The maximum atomic E-state index is 10.8. The molecule has 2 rings (SSSR count). The van der Waals surface area contributed by atoms with Crippen molar-refractivity contribution in [1.82, 2.24) is 10.2 Å². The smallest absolute Gasteiger partial charge is 0.310 e. The Morgan fingerprint density at radius 3 is 3.07 bits per heavy atom. The van der Waals surface area contributed by atoms with E-state index in [-0.39, 0.29) is 0 Å². The van der Waals surface area contributed by atoms with Crippen molar-refractivity contribution >= 4 is 16.9 Å². The number of para-hydroxylation sites is 1. The van der Waals surface area contributed by atoms with Gasteiger partial charge in [-0.25, -0.2) is 0 Å². The summed E-state index contributed by atoms with van der Waals surface area (Å²) in [5.74, 6) is -1.34. The van der Waals surface area contributed by atoms with Crippen LogP contribution < -0.4 is 0 Å². The molecule has 0 spiro atoms. The lowest BCUT2D eigenvalue weighted by molar-refractivity contribution is -0.138. The fourth-order valence-corrected chi connectivity index (χ4v) is 1.49. The van der Waals surface area contributed by atoms with Crippen LogP contribution in [-0.4, -0.2) is 21.3 Å². The molecule has 2 aromatic rings. The monoisotopic (exact) mass is 190 g/mol. The lowest BCUT2D eigenvalue weighted by atomic mass is 9.99. The predicted octanol–water partition coefficient (Wildman–Crippen LogP) is 1.75. The molecule has 1 heterocycles. The van der Waals surface area contributed by atoms with E-state index in [4.69, 9.17) is 5.11 Å². The molecule has 1 aromatic heterocycles. The Hall–Kier alpha value is -1.84. The number of aromatic amines is 1. The van der Waals surface area contributed by atoms with Gasteiger partial charge in [0.2, 0.25) is 0 Å². The number of hydrogen-bond acceptors (Lipinski definition) is 2. The maximum Gasteiger partial charge on any atom is 0.310 e. The van der Waals surface area contributed by atoms with Gasteiger partial charge >= 0.3 is 5.97 Å². The summed E-state index contributed by atoms with van der Waals surface area (Å²) in [4.78, 5) is 10.8. The lowest BCUT2D eigenvalue weighted by Gasteiger charge is -2.06. The molecule has 0 aliphatic carbocycles. The number of aromatic nitrogens is 2. The van der Waals surface area contributed by atoms with Gasteiger partial charge in [-0.05, 0) is 12.5 Å². The first-order valence-electron chi connectivity index (χ1n) is 4.35. The number of fused-ring (bicyclic) bond motifs is 1. The van der Waals surface area contributed by atoms with E-state index in [1.807, 2.05) is 12.1 Å². The van der Waals surface area contributed by atoms with Crippen LogP contribution in [0, 0.1) is 0 Å². The molecule has 0 saturated carbocycles. The van der Waals surface area contributed by atoms with Gasteiger partial charge in [0, 0.05) is 5.39 Å². The van der Waals surface area contributed by atoms with Gasteiger partial charge in [0.05, 0.1) is 17.6 Å². The molecule has 4 heteroatoms. The van der Waals surface area contributed by atoms with E-state index < -0.39 is 11.9 Å². The van der Waals surface area contributed by atoms with E-state index in [2.05, 4.69) is 10.2 Å². The maximum absolute atomic E-state index is 10.8. The molecule has 0 amide bonds. The number of nitrogens with one attached hydrogen (secondary N) is 1. The van der Waals surface area contributed by atoms with Crippen LogP contribution >= 0.6 is 0 Å². The van der Waals surface area contributed by atoms with Gasteiger partial charge < -0.3 is 5.11 Å². The zero-order valence-corrected chi connectivity index (χ0v) is 7.69. The number of carboxylic acids is 1. The Morgan fingerprint density at radius 2 is 2.36 bits per heavy atom. The second-order valence-electron chi connectivity index (χ2n) is 3.24. The number of hydrogen-bond donors (Lipinski definition) is 2. The van der Waals surface area contributed by atoms with Gasteiger partial charge in [-0.3, -0.25) is 9.89 Å². The van der Waals surface area contributed by atoms with Crippen molar-refractivity contribution < 1.29 is 9.90 Å². The molecular formula is C10H10N2O2. The molecule has 1 aromatic carbocycles. The molecule has 4 nitrogen and oxygen atoms in total. The van der Waals surface area contributed by atoms with Crippen molar-refractivity contribution in [2.75, 3.05) is 0 Å². The van der Waals surface area contributed by atoms with E-state index in [9.17, 15) is 4.79 Å². The third-order valence-corrected chi connectivity index (χ3v) is 2.35. The zero-order chi connectivity index (χ0) is 10.1. The predicted molar refractivity (Wildman–Crippen MR) is 52.1 cm³/mol. The van der Waals surface area contributed by atoms with Crippen LogP contribution in [0.3, 0.4) is 0 Å². The van der Waals surface area contributed by atoms with Crippen LogP contribution in [0.2, 0.25) is 0 Å². The Kier molecular flexibility index (Phi) is 1.96. The minimum absolute atomic E-state index is 0.515. The molecule has 1 atom stereocenters. The van der Waals surface area contributed by atoms with Crippen LogP contribution in [0.15, 0.2) is 24.4 Å². The first kappa shape index (κ1) is 8.74. The van der Waals surface area contributed by atoms with Gasteiger partial charge in [-0.1, -0.05) is 18.2 Å². The van der Waals surface area contributed by atoms with Crippen molar-refractivity contribution in [1.29, 1.82) is 0 Å². The zero-order valence-electron chi connectivity index (χ0n) is 7.69. The third kappa shape index (κ3) is 1.25. The average Bonchev–Trinajstić information content (AvgIpc) is 2.63. The quantitative estimate of drug-likeness (QED) is 0.758. The standard InChI is InChI=1S/C10H10N2O2/c1-6(10(13)14)8-4-2-3-7-5-11-12-9(7)8/h2-6H,1H3,(H,11,12)(H,13,14). The number of nitrogens with zero attached hydrogens (tertiary/aromatic N) is 1. The Balaban J connectivity index is 2.61. The highest BCUT2D eigenvalue weighted by Gasteiger charge is 2.16. The van der Waals surface area contributed by atoms with Gasteiger partial charge in [-0.2, -0.15) is 5.10 Å². The average molecular weight is 190 g/mol. The van der Waals surface area contributed by atoms with Crippen LogP contribution in [0.1, 0.15) is 18.4 Å². The fraction of sp³-hybridized carbons (Fsp3) is 0.200. The third-order valence-electron chi connectivity index (χ3n) is 2.35. The van der Waals surface area contributed by atoms with Gasteiger partial charge in [-0.15, -0.1) is 0 Å². The van der Waals surface area contributed by atoms with E-state index in [1.165, 1.54) is 0 Å². The number of carboxylic acid groups (broad SMARTS) is 1. The summed E-state index contributed by atoms with van der Waals surface area (Å²) in [5.41, 5.74) is 1.58. The highest BCUT2D eigenvalue weighted by molar-refractivity contribution is 5.87. The first-order valence-corrected chi connectivity index (χ1v) is 4.35. The normalized spacial score (nSPS) is 12.9. The minimum atomic E-state index is -0.827. The number of H-pyrrole nitrogens is 1. The van der Waals surface area contributed by atoms with Crippen LogP contribution in [0.25, 0.3) is 10.9 Å². The SMILES string of the molecule is CC(C(=O)O)c1cccc2cn[nH]c12. The summed E-state index contributed by atoms with van der Waals surface area (Å²) in [5, 5.41) is 16.5. The summed E-state index contributed by atoms with van der Waals surface area (Å²) in [7, 11) is 0. The molecule has 0 bridgehead atoms. The first-order chi connectivity index (χ1) is 6.70. The Morgan fingerprint density at radius 1 is 1.57 bits per heavy atom. The summed E-state index contributed by atoms with van der Waals surface area (Å²) in [6.07, 6.45) is 1.69. The van der Waals surface area contributed by atoms with Crippen molar-refractivity contribution in [3.63, 3.8) is 0 Å². The van der Waals surface area contributed by atoms with E-state index >= 15 is 0 Å². The second kappa shape index (κ2) is 3.14. The van der Waals surface area contributed by atoms with Gasteiger partial charge in [0.1, 0.15) is 0 Å². The number of carbonyl (C=O) groups is 1. The number of benzene rings is 1. The van der Waals surface area contributed by atoms with Crippen molar-refractivity contribution in [3.8, 4) is 0 Å². The van der Waals surface area contributed by atoms with E-state index in [1.54, 1.807) is 19.2 Å². The molecule has 0 aliphatic rings. The molecule has 0 aliphatic heterocycles. The summed E-state index contributed by atoms with van der Waals surface area (Å²) in [6.45, 7) is 1.66. The molecule has 0 saturated heterocycles. The largest absolute Gasteiger partial charge is 0.481 e. The summed E-state index contributed by atoms with van der Waals surface area (Å²) in [6, 6.07) is 5.54. The van der Waals surface area contributed by atoms with Crippen molar-refractivity contribution in [3.05, 3.63) is 30.0 Å². The van der Waals surface area contributed by atoms with Crippen molar-refractivity contribution in [2.45, 2.75) is 12.8 Å². The molecule has 2 N–H and O–H groups in total. The molecule has 0 fully saturated rings. The molecule has 1 unspecified atom stereocenters. The van der Waals surface area contributed by atoms with Crippen LogP contribution in [0.5, 0.6) is 0 Å². The Labute approximate surface area is 80.6 Å².